The maximum absolute atomic E-state index is 12.8. The monoisotopic (exact) mass is 385 g/mol. The molecule has 6 nitrogen and oxygen atoms in total. The summed E-state index contributed by atoms with van der Waals surface area (Å²) in [6.07, 6.45) is 1.70. The number of benzene rings is 1. The minimum atomic E-state index is -0.653. The van der Waals surface area contributed by atoms with Crippen molar-refractivity contribution in [3.05, 3.63) is 51.7 Å². The summed E-state index contributed by atoms with van der Waals surface area (Å²) in [5, 5.41) is 12.8. The van der Waals surface area contributed by atoms with Crippen molar-refractivity contribution < 1.29 is 24.2 Å². The van der Waals surface area contributed by atoms with Crippen LogP contribution in [0.5, 0.6) is 11.5 Å². The predicted molar refractivity (Wildman–Crippen MR) is 101 cm³/mol. The standard InChI is InChI=1S/C20H19NO5S/c1-2-3-8-21-17(15-5-4-9-27-15)16(19(23)20(21)24)18(22)12-6-7-13-14(10-12)26-11-25-13/h4-7,9-10,17,22H,2-3,8,11H2,1H3/b18-16-. The summed E-state index contributed by atoms with van der Waals surface area (Å²) in [6.45, 7) is 2.63. The number of thiophene rings is 1. The average molecular weight is 385 g/mol. The number of rotatable bonds is 5. The van der Waals surface area contributed by atoms with Gasteiger partial charge in [-0.25, -0.2) is 0 Å². The van der Waals surface area contributed by atoms with Gasteiger partial charge in [0.2, 0.25) is 6.79 Å². The number of fused-ring (bicyclic) bond motifs is 1. The molecule has 1 aromatic carbocycles. The Labute approximate surface area is 160 Å². The fraction of sp³-hybridized carbons (Fsp3) is 0.300. The van der Waals surface area contributed by atoms with E-state index in [4.69, 9.17) is 9.47 Å². The number of unbranched alkanes of at least 4 members (excludes halogenated alkanes) is 1. The number of carbonyl (C=O) groups is 2. The number of ketones is 1. The minimum absolute atomic E-state index is 0.121. The van der Waals surface area contributed by atoms with E-state index < -0.39 is 17.7 Å². The lowest BCUT2D eigenvalue weighted by atomic mass is 9.99. The summed E-state index contributed by atoms with van der Waals surface area (Å²) >= 11 is 1.46. The van der Waals surface area contributed by atoms with Crippen LogP contribution in [-0.2, 0) is 9.59 Å². The molecule has 4 rings (SSSR count). The fourth-order valence-corrected chi connectivity index (χ4v) is 4.23. The Morgan fingerprint density at radius 1 is 1.26 bits per heavy atom. The molecule has 3 heterocycles. The summed E-state index contributed by atoms with van der Waals surface area (Å²) in [5.74, 6) is -0.315. The van der Waals surface area contributed by atoms with Crippen molar-refractivity contribution in [1.82, 2.24) is 4.90 Å². The van der Waals surface area contributed by atoms with Crippen LogP contribution in [0.2, 0.25) is 0 Å². The van der Waals surface area contributed by atoms with Gasteiger partial charge < -0.3 is 19.5 Å². The van der Waals surface area contributed by atoms with Crippen molar-refractivity contribution in [3.63, 3.8) is 0 Å². The molecule has 0 bridgehead atoms. The van der Waals surface area contributed by atoms with Crippen LogP contribution >= 0.6 is 11.3 Å². The lowest BCUT2D eigenvalue weighted by Crippen LogP contribution is -2.30. The lowest BCUT2D eigenvalue weighted by Gasteiger charge is -2.23. The zero-order chi connectivity index (χ0) is 19.0. The number of Topliss-reactive ketones (excluding diaryl/α,β-unsaturated/α-hetero) is 1. The van der Waals surface area contributed by atoms with Crippen LogP contribution in [0, 0.1) is 0 Å². The van der Waals surface area contributed by atoms with Gasteiger partial charge in [-0.3, -0.25) is 9.59 Å². The van der Waals surface area contributed by atoms with Crippen molar-refractivity contribution in [2.45, 2.75) is 25.8 Å². The lowest BCUT2D eigenvalue weighted by molar-refractivity contribution is -0.139. The average Bonchev–Trinajstić information content (AvgIpc) is 3.40. The van der Waals surface area contributed by atoms with Gasteiger partial charge >= 0.3 is 0 Å². The molecule has 0 saturated carbocycles. The second-order valence-electron chi connectivity index (χ2n) is 6.43. The van der Waals surface area contributed by atoms with Crippen molar-refractivity contribution >= 4 is 28.8 Å². The van der Waals surface area contributed by atoms with E-state index in [1.54, 1.807) is 23.1 Å². The molecule has 27 heavy (non-hydrogen) atoms. The van der Waals surface area contributed by atoms with Crippen molar-refractivity contribution in [2.75, 3.05) is 13.3 Å². The summed E-state index contributed by atoms with van der Waals surface area (Å²) in [5.41, 5.74) is 0.548. The Kier molecular flexibility index (Phi) is 4.61. The molecule has 140 valence electrons. The van der Waals surface area contributed by atoms with Gasteiger partial charge in [0.15, 0.2) is 11.5 Å². The third-order valence-corrected chi connectivity index (χ3v) is 5.68. The Morgan fingerprint density at radius 2 is 2.07 bits per heavy atom. The summed E-state index contributed by atoms with van der Waals surface area (Å²) < 4.78 is 10.6. The summed E-state index contributed by atoms with van der Waals surface area (Å²) in [6, 6.07) is 8.16. The Morgan fingerprint density at radius 3 is 2.81 bits per heavy atom. The molecule has 0 aliphatic carbocycles. The molecule has 1 amide bonds. The number of hydrogen-bond donors (Lipinski definition) is 1. The van der Waals surface area contributed by atoms with E-state index in [-0.39, 0.29) is 18.1 Å². The van der Waals surface area contributed by atoms with Gasteiger partial charge in [-0.2, -0.15) is 0 Å². The molecule has 1 aromatic heterocycles. The highest BCUT2D eigenvalue weighted by atomic mass is 32.1. The van der Waals surface area contributed by atoms with Gasteiger partial charge in [0.1, 0.15) is 5.76 Å². The Bertz CT molecular complexity index is 918. The number of aliphatic hydroxyl groups is 1. The maximum Gasteiger partial charge on any atom is 0.295 e. The highest BCUT2D eigenvalue weighted by molar-refractivity contribution is 7.10. The van der Waals surface area contributed by atoms with Crippen LogP contribution in [0.15, 0.2) is 41.3 Å². The molecule has 1 atom stereocenters. The number of amides is 1. The third kappa shape index (κ3) is 2.98. The van der Waals surface area contributed by atoms with E-state index in [9.17, 15) is 14.7 Å². The van der Waals surface area contributed by atoms with Crippen molar-refractivity contribution in [2.24, 2.45) is 0 Å². The van der Waals surface area contributed by atoms with Gasteiger partial charge in [-0.1, -0.05) is 19.4 Å². The second-order valence-corrected chi connectivity index (χ2v) is 7.41. The Balaban J connectivity index is 1.81. The van der Waals surface area contributed by atoms with Crippen LogP contribution in [0.1, 0.15) is 36.2 Å². The molecular weight excluding hydrogens is 366 g/mol. The summed E-state index contributed by atoms with van der Waals surface area (Å²) in [4.78, 5) is 27.8. The number of ether oxygens (including phenoxy) is 2. The topological polar surface area (TPSA) is 76.1 Å². The SMILES string of the molecule is CCCCN1C(=O)C(=O)/C(=C(\O)c2ccc3c(c2)OCO3)C1c1cccs1. The maximum atomic E-state index is 12.8. The fourth-order valence-electron chi connectivity index (χ4n) is 3.38. The first-order chi connectivity index (χ1) is 13.1. The quantitative estimate of drug-likeness (QED) is 0.482. The molecule has 2 aliphatic rings. The highest BCUT2D eigenvalue weighted by Gasteiger charge is 2.46. The van der Waals surface area contributed by atoms with Crippen molar-refractivity contribution in [1.29, 1.82) is 0 Å². The van der Waals surface area contributed by atoms with Crippen LogP contribution in [-0.4, -0.2) is 35.0 Å². The van der Waals surface area contributed by atoms with Gasteiger partial charge in [0.25, 0.3) is 11.7 Å². The predicted octanol–water partition coefficient (Wildman–Crippen LogP) is 3.70. The first-order valence-corrected chi connectivity index (χ1v) is 9.71. The first kappa shape index (κ1) is 17.6. The molecule has 0 radical (unpaired) electrons. The van der Waals surface area contributed by atoms with E-state index >= 15 is 0 Å². The smallest absolute Gasteiger partial charge is 0.295 e. The van der Waals surface area contributed by atoms with Crippen LogP contribution in [0.25, 0.3) is 5.76 Å². The number of aliphatic hydroxyl groups excluding tert-OH is 1. The van der Waals surface area contributed by atoms with Crippen LogP contribution in [0.3, 0.4) is 0 Å². The zero-order valence-electron chi connectivity index (χ0n) is 14.8. The zero-order valence-corrected chi connectivity index (χ0v) is 15.6. The first-order valence-electron chi connectivity index (χ1n) is 8.83. The van der Waals surface area contributed by atoms with E-state index in [0.29, 0.717) is 23.6 Å². The highest BCUT2D eigenvalue weighted by Crippen LogP contribution is 2.42. The van der Waals surface area contributed by atoms with Crippen LogP contribution in [0.4, 0.5) is 0 Å². The minimum Gasteiger partial charge on any atom is -0.507 e. The molecule has 1 unspecified atom stereocenters. The normalized spacial score (nSPS) is 20.5. The molecule has 0 spiro atoms. The molecular formula is C20H19NO5S. The third-order valence-electron chi connectivity index (χ3n) is 4.75. The van der Waals surface area contributed by atoms with Gasteiger partial charge in [0, 0.05) is 17.0 Å². The molecule has 7 heteroatoms. The largest absolute Gasteiger partial charge is 0.507 e. The number of likely N-dealkylation sites (tertiary alicyclic amines) is 1. The van der Waals surface area contributed by atoms with Crippen LogP contribution < -0.4 is 9.47 Å². The number of carbonyl (C=O) groups excluding carboxylic acids is 2. The van der Waals surface area contributed by atoms with Crippen molar-refractivity contribution in [3.8, 4) is 11.5 Å². The number of hydrogen-bond acceptors (Lipinski definition) is 6. The molecule has 2 aromatic rings. The second kappa shape index (κ2) is 7.08. The number of nitrogens with zero attached hydrogens (tertiary/aromatic N) is 1. The van der Waals surface area contributed by atoms with E-state index in [1.807, 2.05) is 24.4 Å². The molecule has 1 saturated heterocycles. The van der Waals surface area contributed by atoms with Gasteiger partial charge in [0.05, 0.1) is 11.6 Å². The van der Waals surface area contributed by atoms with Gasteiger partial charge in [-0.15, -0.1) is 11.3 Å². The Hall–Kier alpha value is -2.80. The van der Waals surface area contributed by atoms with E-state index in [2.05, 4.69) is 0 Å². The molecule has 1 fully saturated rings. The van der Waals surface area contributed by atoms with E-state index in [1.165, 1.54) is 11.3 Å². The molecule has 1 N–H and O–H groups in total. The molecule has 2 aliphatic heterocycles. The van der Waals surface area contributed by atoms with E-state index in [0.717, 1.165) is 17.7 Å². The summed E-state index contributed by atoms with van der Waals surface area (Å²) in [7, 11) is 0. The van der Waals surface area contributed by atoms with Gasteiger partial charge in [-0.05, 0) is 36.1 Å².